The van der Waals surface area contributed by atoms with Crippen LogP contribution in [0.2, 0.25) is 0 Å². The van der Waals surface area contributed by atoms with E-state index in [0.717, 1.165) is 23.0 Å². The largest absolute Gasteiger partial charge is 0.383 e. The number of benzene rings is 1. The fourth-order valence-corrected chi connectivity index (χ4v) is 3.53. The van der Waals surface area contributed by atoms with Crippen LogP contribution in [0.25, 0.3) is 22.0 Å². The third-order valence-corrected chi connectivity index (χ3v) is 4.80. The van der Waals surface area contributed by atoms with E-state index in [-0.39, 0.29) is 48.8 Å². The number of nitrogens with two attached hydrogens (primary N) is 1. The van der Waals surface area contributed by atoms with E-state index in [9.17, 15) is 8.60 Å². The molecule has 0 atom stereocenters. The maximum absolute atomic E-state index is 13.5. The monoisotopic (exact) mass is 529 g/mol. The minimum absolute atomic E-state index is 0. The molecule has 3 rings (SSSR count). The third kappa shape index (κ3) is 4.89. The molecular formula is C20H25FIN5OS. The Balaban J connectivity index is 0.00000225. The van der Waals surface area contributed by atoms with Crippen molar-refractivity contribution in [3.05, 3.63) is 47.4 Å². The van der Waals surface area contributed by atoms with Crippen molar-refractivity contribution in [1.82, 2.24) is 9.97 Å². The Morgan fingerprint density at radius 2 is 1.86 bits per heavy atom. The first kappa shape index (κ1) is 23.1. The van der Waals surface area contributed by atoms with Gasteiger partial charge < -0.3 is 11.1 Å². The molecule has 2 aromatic heterocycles. The average Bonchev–Trinajstić information content (AvgIpc) is 2.61. The fraction of sp³-hybridized carbons (Fsp3) is 0.250. The molecule has 0 spiro atoms. The lowest BCUT2D eigenvalue weighted by Gasteiger charge is -2.17. The fourth-order valence-electron chi connectivity index (χ4n) is 2.99. The number of hydrogen-bond acceptors (Lipinski definition) is 6. The lowest BCUT2D eigenvalue weighted by molar-refractivity contribution is 0.628. The van der Waals surface area contributed by atoms with E-state index < -0.39 is 9.73 Å². The van der Waals surface area contributed by atoms with Crippen LogP contribution >= 0.6 is 24.0 Å². The summed E-state index contributed by atoms with van der Waals surface area (Å²) in [5, 5.41) is 8.30. The summed E-state index contributed by atoms with van der Waals surface area (Å²) in [6.45, 7) is 3.98. The number of nitrogens with zero attached hydrogens (tertiary/aromatic N) is 3. The van der Waals surface area contributed by atoms with E-state index in [2.05, 4.69) is 14.3 Å². The Bertz CT molecular complexity index is 1200. The molecule has 0 aliphatic heterocycles. The highest BCUT2D eigenvalue weighted by molar-refractivity contribution is 14.0. The van der Waals surface area contributed by atoms with Crippen molar-refractivity contribution in [3.63, 3.8) is 0 Å². The van der Waals surface area contributed by atoms with E-state index >= 15 is 0 Å². The van der Waals surface area contributed by atoms with E-state index in [1.807, 2.05) is 13.8 Å². The second kappa shape index (κ2) is 8.70. The lowest BCUT2D eigenvalue weighted by Crippen LogP contribution is -2.04. The quantitative estimate of drug-likeness (QED) is 0.351. The topological polar surface area (TPSA) is 105 Å². The summed E-state index contributed by atoms with van der Waals surface area (Å²) in [5.41, 5.74) is 9.12. The Morgan fingerprint density at radius 3 is 2.38 bits per heavy atom. The van der Waals surface area contributed by atoms with Crippen LogP contribution in [-0.2, 0) is 9.73 Å². The Labute approximate surface area is 188 Å². The molecule has 6 nitrogen and oxygen atoms in total. The summed E-state index contributed by atoms with van der Waals surface area (Å²) in [6.07, 6.45) is 4.18. The molecule has 0 unspecified atom stereocenters. The van der Waals surface area contributed by atoms with Gasteiger partial charge in [-0.25, -0.2) is 18.6 Å². The zero-order valence-corrected chi connectivity index (χ0v) is 19.7. The molecule has 3 N–H and O–H groups in total. The second-order valence-electron chi connectivity index (χ2n) is 7.13. The van der Waals surface area contributed by atoms with Gasteiger partial charge in [-0.3, -0.25) is 0 Å². The smallest absolute Gasteiger partial charge is 0.188 e. The van der Waals surface area contributed by atoms with Crippen LogP contribution < -0.4 is 5.73 Å². The van der Waals surface area contributed by atoms with Gasteiger partial charge in [-0.2, -0.15) is 4.36 Å². The molecule has 0 radical (unpaired) electrons. The van der Waals surface area contributed by atoms with Crippen molar-refractivity contribution >= 4 is 62.5 Å². The summed E-state index contributed by atoms with van der Waals surface area (Å²) >= 11 is 0. The molecule has 0 aliphatic rings. The zero-order chi connectivity index (χ0) is 20.6. The molecule has 29 heavy (non-hydrogen) atoms. The summed E-state index contributed by atoms with van der Waals surface area (Å²) in [5.74, 6) is 0.103. The molecule has 3 aromatic rings. The van der Waals surface area contributed by atoms with E-state index in [1.165, 1.54) is 24.6 Å². The van der Waals surface area contributed by atoms with Gasteiger partial charge in [0, 0.05) is 46.4 Å². The number of halogens is 2. The number of nitrogens with one attached hydrogen (secondary N) is 1. The Kier molecular flexibility index (Phi) is 6.94. The van der Waals surface area contributed by atoms with Gasteiger partial charge in [0.1, 0.15) is 17.2 Å². The molecule has 0 saturated heterocycles. The summed E-state index contributed by atoms with van der Waals surface area (Å²) < 4.78 is 30.1. The molecule has 0 bridgehead atoms. The first-order valence-electron chi connectivity index (χ1n) is 8.68. The SMILES string of the molecule is CC(C)c1nc(N=S(C)(C)=O)c2nc(N)c(C=N)cc2c1-c1ccc(F)cc1.I.[HH]. The van der Waals surface area contributed by atoms with E-state index in [1.54, 1.807) is 18.2 Å². The molecule has 0 fully saturated rings. The van der Waals surface area contributed by atoms with Gasteiger partial charge in [-0.15, -0.1) is 24.0 Å². The molecule has 2 heterocycles. The number of nitrogen functional groups attached to an aromatic ring is 1. The first-order valence-corrected chi connectivity index (χ1v) is 11.0. The summed E-state index contributed by atoms with van der Waals surface area (Å²) in [6, 6.07) is 7.88. The highest BCUT2D eigenvalue weighted by Crippen LogP contribution is 2.39. The minimum atomic E-state index is -2.49. The highest BCUT2D eigenvalue weighted by Gasteiger charge is 2.20. The van der Waals surface area contributed by atoms with Crippen LogP contribution in [0.5, 0.6) is 0 Å². The van der Waals surface area contributed by atoms with Gasteiger partial charge in [0.25, 0.3) is 0 Å². The Morgan fingerprint density at radius 1 is 1.24 bits per heavy atom. The van der Waals surface area contributed by atoms with Crippen molar-refractivity contribution in [2.75, 3.05) is 18.2 Å². The van der Waals surface area contributed by atoms with Gasteiger partial charge in [0.05, 0.1) is 5.69 Å². The normalized spacial score (nSPS) is 11.4. The third-order valence-electron chi connectivity index (χ3n) is 4.19. The number of hydrogen-bond donors (Lipinski definition) is 2. The molecule has 9 heteroatoms. The van der Waals surface area contributed by atoms with Crippen LogP contribution in [0.4, 0.5) is 16.0 Å². The van der Waals surface area contributed by atoms with E-state index in [4.69, 9.17) is 11.1 Å². The maximum atomic E-state index is 13.5. The number of anilines is 1. The second-order valence-corrected chi connectivity index (χ2v) is 9.68. The van der Waals surface area contributed by atoms with Crippen molar-refractivity contribution < 1.29 is 10.0 Å². The summed E-state index contributed by atoms with van der Waals surface area (Å²) in [7, 11) is -2.49. The van der Waals surface area contributed by atoms with Crippen molar-refractivity contribution in [2.24, 2.45) is 4.36 Å². The average molecular weight is 529 g/mol. The van der Waals surface area contributed by atoms with Gasteiger partial charge in [-0.05, 0) is 29.7 Å². The van der Waals surface area contributed by atoms with Crippen LogP contribution in [0.3, 0.4) is 0 Å². The van der Waals surface area contributed by atoms with Gasteiger partial charge in [0.2, 0.25) is 0 Å². The predicted molar refractivity (Wildman–Crippen MR) is 131 cm³/mol. The standard InChI is InChI=1S/C20H22FN5OS.HI.H2/c1-11(2)17-16(12-5-7-14(21)8-6-12)15-9-13(10-22)19(23)24-18(15)20(25-17)26-28(3,4)27;;/h5-11,22H,1-4H3,(H2,23,24);2*1H. The molecule has 1 aromatic carbocycles. The van der Waals surface area contributed by atoms with Gasteiger partial charge >= 0.3 is 0 Å². The first-order chi connectivity index (χ1) is 13.1. The Hall–Kier alpha value is -2.14. The summed E-state index contributed by atoms with van der Waals surface area (Å²) in [4.78, 5) is 9.07. The molecule has 0 aliphatic carbocycles. The van der Waals surface area contributed by atoms with Gasteiger partial charge in [0.15, 0.2) is 5.82 Å². The predicted octanol–water partition coefficient (Wildman–Crippen LogP) is 5.36. The molecule has 0 amide bonds. The number of fused-ring (bicyclic) bond motifs is 1. The molecule has 156 valence electrons. The number of aromatic nitrogens is 2. The van der Waals surface area contributed by atoms with Crippen molar-refractivity contribution in [1.29, 1.82) is 5.41 Å². The van der Waals surface area contributed by atoms with Crippen LogP contribution in [0, 0.1) is 11.2 Å². The number of rotatable bonds is 4. The van der Waals surface area contributed by atoms with Gasteiger partial charge in [-0.1, -0.05) is 26.0 Å². The van der Waals surface area contributed by atoms with Crippen LogP contribution in [0.15, 0.2) is 34.7 Å². The number of pyridine rings is 2. The highest BCUT2D eigenvalue weighted by atomic mass is 127. The van der Waals surface area contributed by atoms with Crippen LogP contribution in [-0.4, -0.2) is 32.9 Å². The van der Waals surface area contributed by atoms with E-state index in [0.29, 0.717) is 16.5 Å². The zero-order valence-electron chi connectivity index (χ0n) is 16.6. The van der Waals surface area contributed by atoms with Crippen LogP contribution in [0.1, 0.15) is 32.4 Å². The van der Waals surface area contributed by atoms with Crippen molar-refractivity contribution in [2.45, 2.75) is 19.8 Å². The lowest BCUT2D eigenvalue weighted by atomic mass is 9.93. The van der Waals surface area contributed by atoms with Crippen molar-refractivity contribution in [3.8, 4) is 11.1 Å². The minimum Gasteiger partial charge on any atom is -0.383 e. The molecular weight excluding hydrogens is 504 g/mol. The maximum Gasteiger partial charge on any atom is 0.188 e. The molecule has 0 saturated carbocycles.